The van der Waals surface area contributed by atoms with Gasteiger partial charge in [-0.15, -0.1) is 5.10 Å². The molecule has 0 unspecified atom stereocenters. The van der Waals surface area contributed by atoms with Crippen LogP contribution >= 0.6 is 11.3 Å². The lowest BCUT2D eigenvalue weighted by Gasteiger charge is -2.09. The predicted octanol–water partition coefficient (Wildman–Crippen LogP) is 3.44. The fraction of sp³-hybridized carbons (Fsp3) is 0.0870. The lowest BCUT2D eigenvalue weighted by molar-refractivity contribution is 0.326. The van der Waals surface area contributed by atoms with E-state index in [1.165, 1.54) is 15.9 Å². The molecule has 0 aliphatic heterocycles. The third-order valence-corrected chi connectivity index (χ3v) is 5.22. The van der Waals surface area contributed by atoms with Crippen molar-refractivity contribution in [2.45, 2.75) is 0 Å². The molecule has 2 aromatic heterocycles. The van der Waals surface area contributed by atoms with Crippen molar-refractivity contribution in [3.8, 4) is 11.5 Å². The summed E-state index contributed by atoms with van der Waals surface area (Å²) in [7, 11) is 1.58. The van der Waals surface area contributed by atoms with Gasteiger partial charge in [-0.1, -0.05) is 66.5 Å². The fourth-order valence-electron chi connectivity index (χ4n) is 2.85. The molecule has 0 spiro atoms. The number of thiazole rings is 1. The predicted molar refractivity (Wildman–Crippen MR) is 120 cm³/mol. The molecule has 4 aromatic rings. The standard InChI is InChI=1S/C23H19N3O3S/c1-3-13-29-18-11-9-17(14-19(18)28-2)15-20-22(27)26-23(30-20)24-21(25-26)12-10-16-7-5-4-6-8-16/h3-12,14-15H,1,13H2,2H3/b12-10+,20-15-. The minimum Gasteiger partial charge on any atom is -0.493 e. The van der Waals surface area contributed by atoms with E-state index in [0.717, 1.165) is 11.1 Å². The van der Waals surface area contributed by atoms with Gasteiger partial charge in [-0.3, -0.25) is 4.79 Å². The van der Waals surface area contributed by atoms with Gasteiger partial charge in [0.05, 0.1) is 11.6 Å². The van der Waals surface area contributed by atoms with E-state index >= 15 is 0 Å². The maximum atomic E-state index is 12.7. The highest BCUT2D eigenvalue weighted by Crippen LogP contribution is 2.28. The number of nitrogens with zero attached hydrogens (tertiary/aromatic N) is 3. The second kappa shape index (κ2) is 8.75. The molecule has 2 heterocycles. The number of hydrogen-bond donors (Lipinski definition) is 0. The Hall–Kier alpha value is -3.71. The van der Waals surface area contributed by atoms with Crippen molar-refractivity contribution in [1.29, 1.82) is 0 Å². The molecule has 0 aliphatic carbocycles. The van der Waals surface area contributed by atoms with Crippen LogP contribution in [0.25, 0.3) is 23.2 Å². The first-order chi connectivity index (χ1) is 14.7. The average molecular weight is 417 g/mol. The molecule has 0 fully saturated rings. The topological polar surface area (TPSA) is 65.7 Å². The van der Waals surface area contributed by atoms with Crippen molar-refractivity contribution in [3.05, 3.63) is 93.0 Å². The number of ether oxygens (including phenoxy) is 2. The summed E-state index contributed by atoms with van der Waals surface area (Å²) < 4.78 is 12.8. The first-order valence-electron chi connectivity index (χ1n) is 9.24. The Bertz CT molecular complexity index is 1320. The molecule has 0 aliphatic rings. The Morgan fingerprint density at radius 3 is 2.67 bits per heavy atom. The van der Waals surface area contributed by atoms with Crippen LogP contribution in [0.15, 0.2) is 66.0 Å². The van der Waals surface area contributed by atoms with Crippen molar-refractivity contribution < 1.29 is 9.47 Å². The van der Waals surface area contributed by atoms with E-state index in [9.17, 15) is 4.79 Å². The summed E-state index contributed by atoms with van der Waals surface area (Å²) in [5.41, 5.74) is 1.66. The number of rotatable bonds is 7. The molecule has 2 aromatic carbocycles. The summed E-state index contributed by atoms with van der Waals surface area (Å²) in [5, 5.41) is 4.31. The number of methoxy groups -OCH3 is 1. The van der Waals surface area contributed by atoms with Gasteiger partial charge in [-0.25, -0.2) is 0 Å². The molecule has 4 rings (SSSR count). The maximum absolute atomic E-state index is 12.7. The van der Waals surface area contributed by atoms with Crippen LogP contribution in [-0.4, -0.2) is 28.3 Å². The molecule has 0 radical (unpaired) electrons. The normalized spacial score (nSPS) is 12.0. The van der Waals surface area contributed by atoms with Crippen LogP contribution in [0, 0.1) is 0 Å². The lowest BCUT2D eigenvalue weighted by atomic mass is 10.2. The summed E-state index contributed by atoms with van der Waals surface area (Å²) in [5.74, 6) is 1.71. The van der Waals surface area contributed by atoms with E-state index in [0.29, 0.717) is 33.4 Å². The Morgan fingerprint density at radius 1 is 1.10 bits per heavy atom. The third kappa shape index (κ3) is 4.16. The number of benzene rings is 2. The second-order valence-corrected chi connectivity index (χ2v) is 7.34. The zero-order chi connectivity index (χ0) is 20.9. The molecule has 0 saturated heterocycles. The van der Waals surface area contributed by atoms with Crippen LogP contribution in [-0.2, 0) is 0 Å². The SMILES string of the molecule is C=CCOc1ccc(/C=c2\sc3nc(/C=C/c4ccccc4)nn3c2=O)cc1OC. The Labute approximate surface area is 177 Å². The summed E-state index contributed by atoms with van der Waals surface area (Å²) in [6.45, 7) is 4.03. The van der Waals surface area contributed by atoms with Gasteiger partial charge in [0.15, 0.2) is 17.3 Å². The van der Waals surface area contributed by atoms with Crippen molar-refractivity contribution in [2.24, 2.45) is 0 Å². The third-order valence-electron chi connectivity index (χ3n) is 4.26. The molecule has 0 saturated carbocycles. The fourth-order valence-corrected chi connectivity index (χ4v) is 3.76. The quantitative estimate of drug-likeness (QED) is 0.431. The van der Waals surface area contributed by atoms with Crippen molar-refractivity contribution >= 4 is 34.5 Å². The van der Waals surface area contributed by atoms with E-state index in [1.54, 1.807) is 25.3 Å². The smallest absolute Gasteiger partial charge is 0.291 e. The van der Waals surface area contributed by atoms with Gasteiger partial charge >= 0.3 is 0 Å². The zero-order valence-electron chi connectivity index (χ0n) is 16.3. The van der Waals surface area contributed by atoms with Gasteiger partial charge in [0.25, 0.3) is 5.56 Å². The largest absolute Gasteiger partial charge is 0.493 e. The Morgan fingerprint density at radius 2 is 1.93 bits per heavy atom. The van der Waals surface area contributed by atoms with Crippen LogP contribution in [0.3, 0.4) is 0 Å². The average Bonchev–Trinajstić information content (AvgIpc) is 3.30. The summed E-state index contributed by atoms with van der Waals surface area (Å²) in [6.07, 6.45) is 7.17. The monoisotopic (exact) mass is 417 g/mol. The first-order valence-corrected chi connectivity index (χ1v) is 10.1. The molecule has 7 heteroatoms. The molecule has 0 bridgehead atoms. The highest BCUT2D eigenvalue weighted by Gasteiger charge is 2.10. The van der Waals surface area contributed by atoms with E-state index < -0.39 is 0 Å². The summed E-state index contributed by atoms with van der Waals surface area (Å²) in [4.78, 5) is 17.7. The lowest BCUT2D eigenvalue weighted by Crippen LogP contribution is -2.23. The highest BCUT2D eigenvalue weighted by molar-refractivity contribution is 7.15. The van der Waals surface area contributed by atoms with Gasteiger partial charge in [0.1, 0.15) is 6.61 Å². The van der Waals surface area contributed by atoms with Gasteiger partial charge in [0.2, 0.25) is 4.96 Å². The van der Waals surface area contributed by atoms with Crippen molar-refractivity contribution in [3.63, 3.8) is 0 Å². The van der Waals surface area contributed by atoms with E-state index in [2.05, 4.69) is 16.7 Å². The van der Waals surface area contributed by atoms with Gasteiger partial charge < -0.3 is 9.47 Å². The van der Waals surface area contributed by atoms with E-state index in [4.69, 9.17) is 9.47 Å². The Balaban J connectivity index is 1.63. The number of hydrogen-bond acceptors (Lipinski definition) is 6. The maximum Gasteiger partial charge on any atom is 0.291 e. The minimum atomic E-state index is -0.201. The number of fused-ring (bicyclic) bond motifs is 1. The van der Waals surface area contributed by atoms with Crippen LogP contribution in [0.2, 0.25) is 0 Å². The molecule has 6 nitrogen and oxygen atoms in total. The highest BCUT2D eigenvalue weighted by atomic mass is 32.1. The van der Waals surface area contributed by atoms with Crippen molar-refractivity contribution in [1.82, 2.24) is 14.6 Å². The summed E-state index contributed by atoms with van der Waals surface area (Å²) >= 11 is 1.29. The Kier molecular flexibility index (Phi) is 5.72. The van der Waals surface area contributed by atoms with Gasteiger partial charge in [-0.2, -0.15) is 9.50 Å². The van der Waals surface area contributed by atoms with Crippen LogP contribution in [0.1, 0.15) is 17.0 Å². The van der Waals surface area contributed by atoms with Gasteiger partial charge in [-0.05, 0) is 35.4 Å². The molecule has 0 atom stereocenters. The zero-order valence-corrected chi connectivity index (χ0v) is 17.1. The molecular weight excluding hydrogens is 398 g/mol. The molecule has 0 N–H and O–H groups in total. The first kappa shape index (κ1) is 19.6. The van der Waals surface area contributed by atoms with E-state index in [1.807, 2.05) is 54.6 Å². The second-order valence-electron chi connectivity index (χ2n) is 6.33. The van der Waals surface area contributed by atoms with Crippen molar-refractivity contribution in [2.75, 3.05) is 13.7 Å². The van der Waals surface area contributed by atoms with Crippen LogP contribution < -0.4 is 19.6 Å². The minimum absolute atomic E-state index is 0.201. The van der Waals surface area contributed by atoms with Crippen LogP contribution in [0.5, 0.6) is 11.5 Å². The number of aromatic nitrogens is 3. The van der Waals surface area contributed by atoms with Crippen LogP contribution in [0.4, 0.5) is 0 Å². The summed E-state index contributed by atoms with van der Waals surface area (Å²) in [6, 6.07) is 15.4. The molecule has 30 heavy (non-hydrogen) atoms. The van der Waals surface area contributed by atoms with Gasteiger partial charge in [0, 0.05) is 0 Å². The molecule has 150 valence electrons. The van der Waals surface area contributed by atoms with E-state index in [-0.39, 0.29) is 5.56 Å². The molecular formula is C23H19N3O3S. The molecule has 0 amide bonds.